The average Bonchev–Trinajstić information content (AvgIpc) is 2.84. The van der Waals surface area contributed by atoms with E-state index in [1.807, 2.05) is 57.2 Å². The van der Waals surface area contributed by atoms with Crippen LogP contribution in [0, 0.1) is 12.8 Å². The summed E-state index contributed by atoms with van der Waals surface area (Å²) >= 11 is 0. The van der Waals surface area contributed by atoms with E-state index in [1.54, 1.807) is 4.68 Å². The van der Waals surface area contributed by atoms with Gasteiger partial charge in [-0.3, -0.25) is 9.59 Å². The highest BCUT2D eigenvalue weighted by Gasteiger charge is 2.24. The van der Waals surface area contributed by atoms with Crippen LogP contribution >= 0.6 is 0 Å². The van der Waals surface area contributed by atoms with E-state index in [1.165, 1.54) is 6.92 Å². The molecular weight excluding hydrogens is 304 g/mol. The first kappa shape index (κ1) is 17.7. The Labute approximate surface area is 142 Å². The highest BCUT2D eigenvalue weighted by Crippen LogP contribution is 2.14. The first-order valence-electron chi connectivity index (χ1n) is 8.03. The molecule has 6 heteroatoms. The van der Waals surface area contributed by atoms with Gasteiger partial charge >= 0.3 is 0 Å². The average molecular weight is 328 g/mol. The molecule has 0 aliphatic heterocycles. The van der Waals surface area contributed by atoms with Gasteiger partial charge in [0.05, 0.1) is 12.2 Å². The largest absolute Gasteiger partial charge is 0.344 e. The van der Waals surface area contributed by atoms with Crippen molar-refractivity contribution in [2.24, 2.45) is 5.92 Å². The van der Waals surface area contributed by atoms with Gasteiger partial charge in [0.2, 0.25) is 11.8 Å². The molecule has 2 N–H and O–H groups in total. The van der Waals surface area contributed by atoms with Crippen LogP contribution in [0.25, 0.3) is 0 Å². The van der Waals surface area contributed by atoms with Gasteiger partial charge in [-0.25, -0.2) is 4.68 Å². The minimum absolute atomic E-state index is 0.0134. The number of aromatic nitrogens is 2. The van der Waals surface area contributed by atoms with Crippen molar-refractivity contribution in [2.45, 2.75) is 40.3 Å². The van der Waals surface area contributed by atoms with Crippen molar-refractivity contribution in [1.29, 1.82) is 0 Å². The zero-order valence-electron chi connectivity index (χ0n) is 14.5. The summed E-state index contributed by atoms with van der Waals surface area (Å²) in [6, 6.07) is 11.2. The molecule has 2 amide bonds. The van der Waals surface area contributed by atoms with Crippen LogP contribution in [0.2, 0.25) is 0 Å². The fraction of sp³-hybridized carbons (Fsp3) is 0.389. The van der Waals surface area contributed by atoms with E-state index in [-0.39, 0.29) is 17.7 Å². The molecule has 0 aliphatic carbocycles. The van der Waals surface area contributed by atoms with Crippen LogP contribution in [0.4, 0.5) is 5.82 Å². The lowest BCUT2D eigenvalue weighted by Crippen LogP contribution is -2.46. The number of anilines is 1. The molecule has 128 valence electrons. The Hall–Kier alpha value is -2.63. The molecule has 24 heavy (non-hydrogen) atoms. The Morgan fingerprint density at radius 1 is 1.21 bits per heavy atom. The Balaban J connectivity index is 2.17. The van der Waals surface area contributed by atoms with Gasteiger partial charge in [-0.1, -0.05) is 44.2 Å². The van der Waals surface area contributed by atoms with Gasteiger partial charge in [-0.2, -0.15) is 5.10 Å². The Kier molecular flexibility index (Phi) is 5.73. The van der Waals surface area contributed by atoms with Gasteiger partial charge in [-0.15, -0.1) is 0 Å². The minimum Gasteiger partial charge on any atom is -0.344 e. The molecule has 6 nitrogen and oxygen atoms in total. The van der Waals surface area contributed by atoms with E-state index in [9.17, 15) is 9.59 Å². The third kappa shape index (κ3) is 4.68. The van der Waals surface area contributed by atoms with Crippen molar-refractivity contribution in [2.75, 3.05) is 5.32 Å². The van der Waals surface area contributed by atoms with E-state index >= 15 is 0 Å². The van der Waals surface area contributed by atoms with E-state index in [0.717, 1.165) is 11.3 Å². The van der Waals surface area contributed by atoms with Crippen molar-refractivity contribution >= 4 is 17.6 Å². The topological polar surface area (TPSA) is 76.0 Å². The summed E-state index contributed by atoms with van der Waals surface area (Å²) in [6.07, 6.45) is 0. The number of nitrogens with one attached hydrogen (secondary N) is 2. The summed E-state index contributed by atoms with van der Waals surface area (Å²) in [4.78, 5) is 23.9. The molecule has 1 unspecified atom stereocenters. The number of rotatable bonds is 6. The molecule has 0 saturated carbocycles. The maximum Gasteiger partial charge on any atom is 0.248 e. The smallest absolute Gasteiger partial charge is 0.248 e. The standard InChI is InChI=1S/C18H24N4O2/c1-12(2)17(19-14(4)23)18(24)20-16-10-13(3)21-22(16)11-15-8-6-5-7-9-15/h5-10,12,17H,11H2,1-4H3,(H,19,23)(H,20,24). The van der Waals surface area contributed by atoms with Crippen LogP contribution in [0.15, 0.2) is 36.4 Å². The normalized spacial score (nSPS) is 12.0. The lowest BCUT2D eigenvalue weighted by Gasteiger charge is -2.21. The number of hydrogen-bond acceptors (Lipinski definition) is 3. The molecule has 0 fully saturated rings. The molecule has 1 heterocycles. The molecule has 2 rings (SSSR count). The molecule has 1 atom stereocenters. The zero-order chi connectivity index (χ0) is 17.7. The van der Waals surface area contributed by atoms with Crippen LogP contribution in [0.3, 0.4) is 0 Å². The first-order chi connectivity index (χ1) is 11.4. The molecule has 0 saturated heterocycles. The van der Waals surface area contributed by atoms with E-state index in [4.69, 9.17) is 0 Å². The van der Waals surface area contributed by atoms with Crippen LogP contribution in [0.5, 0.6) is 0 Å². The minimum atomic E-state index is -0.581. The highest BCUT2D eigenvalue weighted by molar-refractivity contribution is 5.96. The van der Waals surface area contributed by atoms with Crippen molar-refractivity contribution in [3.8, 4) is 0 Å². The Morgan fingerprint density at radius 3 is 2.46 bits per heavy atom. The number of aryl methyl sites for hydroxylation is 1. The summed E-state index contributed by atoms with van der Waals surface area (Å²) in [7, 11) is 0. The maximum absolute atomic E-state index is 12.5. The molecule has 1 aromatic carbocycles. The summed E-state index contributed by atoms with van der Waals surface area (Å²) in [5, 5.41) is 10.0. The Morgan fingerprint density at radius 2 is 1.88 bits per heavy atom. The Bertz CT molecular complexity index is 707. The second-order valence-corrected chi connectivity index (χ2v) is 6.23. The number of amides is 2. The lowest BCUT2D eigenvalue weighted by molar-refractivity contribution is -0.126. The second kappa shape index (κ2) is 7.77. The second-order valence-electron chi connectivity index (χ2n) is 6.23. The lowest BCUT2D eigenvalue weighted by atomic mass is 10.0. The van der Waals surface area contributed by atoms with Crippen molar-refractivity contribution in [3.05, 3.63) is 47.7 Å². The van der Waals surface area contributed by atoms with Gasteiger partial charge in [0.25, 0.3) is 0 Å². The monoisotopic (exact) mass is 328 g/mol. The molecule has 2 aromatic rings. The van der Waals surface area contributed by atoms with Gasteiger partial charge in [0, 0.05) is 13.0 Å². The predicted molar refractivity (Wildman–Crippen MR) is 93.6 cm³/mol. The molecule has 0 aliphatic rings. The molecule has 1 aromatic heterocycles. The van der Waals surface area contributed by atoms with E-state index in [0.29, 0.717) is 12.4 Å². The predicted octanol–water partition coefficient (Wildman–Crippen LogP) is 2.34. The molecular formula is C18H24N4O2. The third-order valence-corrected chi connectivity index (χ3v) is 3.64. The molecule has 0 bridgehead atoms. The molecule has 0 radical (unpaired) electrons. The van der Waals surface area contributed by atoms with Crippen LogP contribution < -0.4 is 10.6 Å². The van der Waals surface area contributed by atoms with Crippen molar-refractivity contribution in [3.63, 3.8) is 0 Å². The van der Waals surface area contributed by atoms with Crippen molar-refractivity contribution < 1.29 is 9.59 Å². The fourth-order valence-electron chi connectivity index (χ4n) is 2.48. The number of benzene rings is 1. The van der Waals surface area contributed by atoms with E-state index in [2.05, 4.69) is 15.7 Å². The fourth-order valence-corrected chi connectivity index (χ4v) is 2.48. The summed E-state index contributed by atoms with van der Waals surface area (Å²) in [5.74, 6) is 0.144. The third-order valence-electron chi connectivity index (χ3n) is 3.64. The number of nitrogens with zero attached hydrogens (tertiary/aromatic N) is 2. The van der Waals surface area contributed by atoms with Gasteiger partial charge in [-0.05, 0) is 18.4 Å². The summed E-state index contributed by atoms with van der Waals surface area (Å²) < 4.78 is 1.76. The van der Waals surface area contributed by atoms with Crippen LogP contribution in [-0.4, -0.2) is 27.6 Å². The van der Waals surface area contributed by atoms with Crippen molar-refractivity contribution in [1.82, 2.24) is 15.1 Å². The summed E-state index contributed by atoms with van der Waals surface area (Å²) in [6.45, 7) is 7.65. The van der Waals surface area contributed by atoms with E-state index < -0.39 is 6.04 Å². The highest BCUT2D eigenvalue weighted by atomic mass is 16.2. The first-order valence-corrected chi connectivity index (χ1v) is 8.03. The zero-order valence-corrected chi connectivity index (χ0v) is 14.5. The van der Waals surface area contributed by atoms with Gasteiger partial charge in [0.15, 0.2) is 0 Å². The van der Waals surface area contributed by atoms with Gasteiger partial charge in [0.1, 0.15) is 11.9 Å². The van der Waals surface area contributed by atoms with Gasteiger partial charge < -0.3 is 10.6 Å². The number of carbonyl (C=O) groups excluding carboxylic acids is 2. The SMILES string of the molecule is CC(=O)NC(C(=O)Nc1cc(C)nn1Cc1ccccc1)C(C)C. The summed E-state index contributed by atoms with van der Waals surface area (Å²) in [5.41, 5.74) is 1.92. The number of hydrogen-bond donors (Lipinski definition) is 2. The quantitative estimate of drug-likeness (QED) is 0.854. The van der Waals surface area contributed by atoms with Crippen LogP contribution in [-0.2, 0) is 16.1 Å². The maximum atomic E-state index is 12.5. The number of carbonyl (C=O) groups is 2. The van der Waals surface area contributed by atoms with Crippen LogP contribution in [0.1, 0.15) is 32.0 Å². The molecule has 0 spiro atoms.